The Kier molecular flexibility index (Phi) is 11.9. The first-order chi connectivity index (χ1) is 19.7. The van der Waals surface area contributed by atoms with Crippen molar-refractivity contribution >= 4 is 29.2 Å². The molecule has 3 saturated carbocycles. The number of thioether (sulfide) groups is 1. The summed E-state index contributed by atoms with van der Waals surface area (Å²) in [5, 5.41) is 2.80. The molecule has 0 aliphatic heterocycles. The highest BCUT2D eigenvalue weighted by atomic mass is 32.2. The number of ether oxygens (including phenoxy) is 3. The average molecular weight is 593 g/mol. The predicted molar refractivity (Wildman–Crippen MR) is 161 cm³/mol. The Hall–Kier alpha value is -1.26. The van der Waals surface area contributed by atoms with Crippen LogP contribution >= 0.6 is 11.8 Å². The molecule has 3 N–H and O–H groups in total. The van der Waals surface area contributed by atoms with Crippen LogP contribution in [0.2, 0.25) is 0 Å². The highest BCUT2D eigenvalue weighted by molar-refractivity contribution is 8.04. The molecule has 3 fully saturated rings. The molecule has 4 aliphatic rings. The zero-order chi connectivity index (χ0) is 29.5. The minimum absolute atomic E-state index is 0.0591. The maximum Gasteiger partial charge on any atom is 0.222 e. The molecule has 41 heavy (non-hydrogen) atoms. The van der Waals surface area contributed by atoms with Crippen LogP contribution in [0.3, 0.4) is 0 Å². The van der Waals surface area contributed by atoms with E-state index in [0.717, 1.165) is 49.9 Å². The molecular formula is C32H52N2O6S. The standard InChI is InChI=1S/C32H52N2O6S/c1-22(35)24-7-8-25-23-5-6-27-30(28(36)10-13-32(27,3)26(23)9-12-31(24,25)2)41-20-11-29(37)34-21-40-19-18-39-17-16-38-15-4-14-33/h23-26H,4-21,33H2,1-3H3,(H,34,37)/t23?,24?,25?,26?,31-,32-/m1/s1. The molecule has 0 radical (unpaired) electrons. The zero-order valence-corrected chi connectivity index (χ0v) is 26.3. The van der Waals surface area contributed by atoms with Crippen molar-refractivity contribution in [1.29, 1.82) is 0 Å². The van der Waals surface area contributed by atoms with Crippen LogP contribution in [0, 0.1) is 34.5 Å². The summed E-state index contributed by atoms with van der Waals surface area (Å²) in [5.41, 5.74) is 6.98. The van der Waals surface area contributed by atoms with Crippen molar-refractivity contribution < 1.29 is 28.6 Å². The lowest BCUT2D eigenvalue weighted by atomic mass is 9.46. The number of carbonyl (C=O) groups is 3. The maximum atomic E-state index is 13.1. The monoisotopic (exact) mass is 592 g/mol. The van der Waals surface area contributed by atoms with Crippen molar-refractivity contribution in [2.75, 3.05) is 52.1 Å². The summed E-state index contributed by atoms with van der Waals surface area (Å²) in [5.74, 6) is 3.24. The molecule has 0 aromatic rings. The van der Waals surface area contributed by atoms with E-state index in [2.05, 4.69) is 19.2 Å². The van der Waals surface area contributed by atoms with E-state index in [1.807, 2.05) is 0 Å². The predicted octanol–water partition coefficient (Wildman–Crippen LogP) is 4.65. The van der Waals surface area contributed by atoms with E-state index >= 15 is 0 Å². The first-order valence-electron chi connectivity index (χ1n) is 15.8. The molecule has 0 heterocycles. The van der Waals surface area contributed by atoms with Crippen LogP contribution in [0.25, 0.3) is 0 Å². The fraction of sp³-hybridized carbons (Fsp3) is 0.844. The molecule has 0 bridgehead atoms. The highest BCUT2D eigenvalue weighted by Gasteiger charge is 2.60. The Morgan fingerprint density at radius 2 is 1.68 bits per heavy atom. The molecule has 0 aromatic heterocycles. The Morgan fingerprint density at radius 3 is 2.41 bits per heavy atom. The summed E-state index contributed by atoms with van der Waals surface area (Å²) in [6, 6.07) is 0. The van der Waals surface area contributed by atoms with Gasteiger partial charge >= 0.3 is 0 Å². The SMILES string of the molecule is CC(=O)C1CCC2C3CCC4=C(SCCC(=O)NCOCCOCCOCCCN)C(=O)CC[C@]4(C)C3CC[C@]12C. The first-order valence-corrected chi connectivity index (χ1v) is 16.8. The molecule has 9 heteroatoms. The molecule has 4 aliphatic carbocycles. The zero-order valence-electron chi connectivity index (χ0n) is 25.5. The van der Waals surface area contributed by atoms with Gasteiger partial charge < -0.3 is 25.3 Å². The second-order valence-electron chi connectivity index (χ2n) is 13.0. The van der Waals surface area contributed by atoms with Crippen molar-refractivity contribution in [2.24, 2.45) is 40.2 Å². The van der Waals surface area contributed by atoms with Crippen molar-refractivity contribution in [3.05, 3.63) is 10.5 Å². The van der Waals surface area contributed by atoms with Crippen molar-refractivity contribution in [1.82, 2.24) is 5.32 Å². The van der Waals surface area contributed by atoms with Gasteiger partial charge in [0.25, 0.3) is 0 Å². The van der Waals surface area contributed by atoms with Gasteiger partial charge in [0, 0.05) is 31.1 Å². The Bertz CT molecular complexity index is 972. The van der Waals surface area contributed by atoms with E-state index in [0.29, 0.717) is 81.7 Å². The lowest BCUT2D eigenvalue weighted by Gasteiger charge is -2.58. The van der Waals surface area contributed by atoms with Crippen LogP contribution in [-0.2, 0) is 28.6 Å². The summed E-state index contributed by atoms with van der Waals surface area (Å²) >= 11 is 1.59. The van der Waals surface area contributed by atoms with Crippen LogP contribution in [0.4, 0.5) is 0 Å². The number of nitrogens with one attached hydrogen (secondary N) is 1. The number of carbonyl (C=O) groups excluding carboxylic acids is 3. The van der Waals surface area contributed by atoms with E-state index in [1.165, 1.54) is 12.0 Å². The van der Waals surface area contributed by atoms with Gasteiger partial charge in [0.1, 0.15) is 12.5 Å². The van der Waals surface area contributed by atoms with Crippen LogP contribution in [0.15, 0.2) is 10.5 Å². The fourth-order valence-electron chi connectivity index (χ4n) is 8.66. The second kappa shape index (κ2) is 15.0. The van der Waals surface area contributed by atoms with E-state index in [4.69, 9.17) is 19.9 Å². The minimum atomic E-state index is -0.0696. The van der Waals surface area contributed by atoms with Crippen molar-refractivity contribution in [3.63, 3.8) is 0 Å². The van der Waals surface area contributed by atoms with Crippen LogP contribution in [0.1, 0.15) is 85.0 Å². The van der Waals surface area contributed by atoms with Crippen LogP contribution in [-0.4, -0.2) is 69.5 Å². The Morgan fingerprint density at radius 1 is 0.951 bits per heavy atom. The molecule has 1 amide bonds. The quantitative estimate of drug-likeness (QED) is 0.197. The molecular weight excluding hydrogens is 540 g/mol. The number of hydrogen-bond donors (Lipinski definition) is 2. The van der Waals surface area contributed by atoms with Gasteiger partial charge in [-0.1, -0.05) is 13.8 Å². The van der Waals surface area contributed by atoms with Gasteiger partial charge in [-0.15, -0.1) is 11.8 Å². The number of nitrogens with two attached hydrogens (primary N) is 1. The number of allylic oxidation sites excluding steroid dienone is 1. The van der Waals surface area contributed by atoms with Crippen LogP contribution in [0.5, 0.6) is 0 Å². The van der Waals surface area contributed by atoms with Gasteiger partial charge in [-0.2, -0.15) is 0 Å². The first kappa shape index (κ1) is 32.6. The van der Waals surface area contributed by atoms with E-state index in [9.17, 15) is 14.4 Å². The second-order valence-corrected chi connectivity index (χ2v) is 14.1. The Labute approximate surface area is 250 Å². The molecule has 8 nitrogen and oxygen atoms in total. The van der Waals surface area contributed by atoms with Crippen molar-refractivity contribution in [2.45, 2.75) is 85.0 Å². The molecule has 0 spiro atoms. The fourth-order valence-corrected chi connectivity index (χ4v) is 9.93. The molecule has 0 saturated heterocycles. The summed E-state index contributed by atoms with van der Waals surface area (Å²) in [7, 11) is 0. The molecule has 6 atom stereocenters. The summed E-state index contributed by atoms with van der Waals surface area (Å²) in [6.45, 7) is 9.91. The number of rotatable bonds is 16. The highest BCUT2D eigenvalue weighted by Crippen LogP contribution is 2.67. The van der Waals surface area contributed by atoms with Gasteiger partial charge in [0.05, 0.1) is 31.3 Å². The molecule has 0 aromatic carbocycles. The van der Waals surface area contributed by atoms with Crippen molar-refractivity contribution in [3.8, 4) is 0 Å². The average Bonchev–Trinajstić information content (AvgIpc) is 3.31. The largest absolute Gasteiger partial charge is 0.379 e. The molecule has 4 unspecified atom stereocenters. The molecule has 4 rings (SSSR count). The van der Waals surface area contributed by atoms with Gasteiger partial charge in [0.2, 0.25) is 5.91 Å². The molecule has 232 valence electrons. The van der Waals surface area contributed by atoms with Gasteiger partial charge in [-0.05, 0) is 99.0 Å². The van der Waals surface area contributed by atoms with E-state index < -0.39 is 0 Å². The van der Waals surface area contributed by atoms with E-state index in [1.54, 1.807) is 18.7 Å². The third-order valence-electron chi connectivity index (χ3n) is 10.7. The van der Waals surface area contributed by atoms with E-state index in [-0.39, 0.29) is 35.2 Å². The number of hydrogen-bond acceptors (Lipinski definition) is 8. The third-order valence-corrected chi connectivity index (χ3v) is 11.9. The number of fused-ring (bicyclic) bond motifs is 5. The maximum absolute atomic E-state index is 13.1. The summed E-state index contributed by atoms with van der Waals surface area (Å²) in [4.78, 5) is 38.9. The summed E-state index contributed by atoms with van der Waals surface area (Å²) < 4.78 is 16.3. The summed E-state index contributed by atoms with van der Waals surface area (Å²) in [6.07, 6.45) is 9.35. The number of ketones is 2. The topological polar surface area (TPSA) is 117 Å². The minimum Gasteiger partial charge on any atom is -0.379 e. The lowest BCUT2D eigenvalue weighted by Crippen LogP contribution is -2.51. The van der Waals surface area contributed by atoms with Gasteiger partial charge in [-0.3, -0.25) is 14.4 Å². The number of amides is 1. The lowest BCUT2D eigenvalue weighted by molar-refractivity contribution is -0.128. The Balaban J connectivity index is 1.21. The van der Waals surface area contributed by atoms with Crippen LogP contribution < -0.4 is 11.1 Å². The normalized spacial score (nSPS) is 32.8. The van der Waals surface area contributed by atoms with Gasteiger partial charge in [0.15, 0.2) is 5.78 Å². The van der Waals surface area contributed by atoms with Gasteiger partial charge in [-0.25, -0.2) is 0 Å². The third kappa shape index (κ3) is 7.46. The number of Topliss-reactive ketones (excluding diaryl/α,β-unsaturated/α-hetero) is 2. The smallest absolute Gasteiger partial charge is 0.222 e.